The van der Waals surface area contributed by atoms with Crippen molar-refractivity contribution in [1.82, 2.24) is 19.9 Å². The van der Waals surface area contributed by atoms with E-state index >= 15 is 0 Å². The van der Waals surface area contributed by atoms with Crippen molar-refractivity contribution in [2.24, 2.45) is 0 Å². The SMILES string of the molecule is c1ccc(-c2nc(-c3cccc(-c4nc5ccccc5c5cc6c(cc45)Oc4ccccc4C64c5ccccc5-c5ccccc54)c3)nc(-c3cccc4c3sc3ccccc34)n2)cc1. The maximum absolute atomic E-state index is 7.00. The Morgan fingerprint density at radius 3 is 1.78 bits per heavy atom. The van der Waals surface area contributed by atoms with Crippen LogP contribution in [0.4, 0.5) is 0 Å². The van der Waals surface area contributed by atoms with Crippen molar-refractivity contribution in [3.8, 4) is 68.0 Å². The number of nitrogens with zero attached hydrogens (tertiary/aromatic N) is 4. The van der Waals surface area contributed by atoms with Crippen LogP contribution in [0.2, 0.25) is 0 Å². The second-order valence-corrected chi connectivity index (χ2v) is 17.9. The zero-order valence-corrected chi connectivity index (χ0v) is 35.6. The molecule has 1 aliphatic carbocycles. The van der Waals surface area contributed by atoms with Crippen LogP contribution in [-0.2, 0) is 5.41 Å². The number of fused-ring (bicyclic) bond motifs is 15. The number of para-hydroxylation sites is 2. The van der Waals surface area contributed by atoms with Gasteiger partial charge in [-0.05, 0) is 70.1 Å². The molecule has 4 heterocycles. The van der Waals surface area contributed by atoms with Crippen molar-refractivity contribution in [3.05, 3.63) is 229 Å². The Morgan fingerprint density at radius 1 is 0.354 bits per heavy atom. The molecule has 302 valence electrons. The Balaban J connectivity index is 0.993. The van der Waals surface area contributed by atoms with Gasteiger partial charge in [-0.15, -0.1) is 11.3 Å². The van der Waals surface area contributed by atoms with E-state index in [1.54, 1.807) is 11.3 Å². The second-order valence-electron chi connectivity index (χ2n) is 16.8. The Morgan fingerprint density at radius 2 is 0.954 bits per heavy atom. The fourth-order valence-electron chi connectivity index (χ4n) is 10.6. The molecular weight excluding hydrogens is 813 g/mol. The number of thiophene rings is 1. The summed E-state index contributed by atoms with van der Waals surface area (Å²) in [6.45, 7) is 0. The topological polar surface area (TPSA) is 60.8 Å². The minimum absolute atomic E-state index is 0.580. The molecule has 0 radical (unpaired) electrons. The average Bonchev–Trinajstić information content (AvgIpc) is 3.90. The summed E-state index contributed by atoms with van der Waals surface area (Å²) >= 11 is 1.77. The van der Waals surface area contributed by atoms with Crippen molar-refractivity contribution < 1.29 is 4.74 Å². The standard InChI is InChI=1S/C59H34N4OS/c1-2-16-35(17-3-1)56-61-57(63-58(62-56)43-25-15-24-42-41-23-7-13-31-53(41)65-55(42)43)37-19-14-18-36(32-37)54-45-34-52-49(33-44(45)40-22-6-11-29-50(40)60-54)59(48-28-10-12-30-51(48)64-52)46-26-8-4-20-38(46)39-21-5-9-27-47(39)59/h1-34H. The van der Waals surface area contributed by atoms with E-state index in [2.05, 4.69) is 188 Å². The molecule has 65 heavy (non-hydrogen) atoms. The monoisotopic (exact) mass is 846 g/mol. The summed E-state index contributed by atoms with van der Waals surface area (Å²) in [4.78, 5) is 21.0. The lowest BCUT2D eigenvalue weighted by atomic mass is 9.65. The predicted molar refractivity (Wildman–Crippen MR) is 265 cm³/mol. The van der Waals surface area contributed by atoms with Gasteiger partial charge in [0.1, 0.15) is 11.5 Å². The van der Waals surface area contributed by atoms with Crippen LogP contribution in [-0.4, -0.2) is 19.9 Å². The molecule has 0 bridgehead atoms. The van der Waals surface area contributed by atoms with E-state index in [9.17, 15) is 0 Å². The molecule has 14 rings (SSSR count). The normalized spacial score (nSPS) is 13.2. The van der Waals surface area contributed by atoms with E-state index < -0.39 is 5.41 Å². The number of hydrogen-bond acceptors (Lipinski definition) is 6. The fourth-order valence-corrected chi connectivity index (χ4v) is 11.8. The highest BCUT2D eigenvalue weighted by Crippen LogP contribution is 2.62. The van der Waals surface area contributed by atoms with Crippen LogP contribution in [0.25, 0.3) is 98.4 Å². The molecule has 0 fully saturated rings. The van der Waals surface area contributed by atoms with Gasteiger partial charge in [-0.1, -0.05) is 164 Å². The van der Waals surface area contributed by atoms with Crippen LogP contribution in [0.3, 0.4) is 0 Å². The van der Waals surface area contributed by atoms with E-state index in [4.69, 9.17) is 24.7 Å². The number of hydrogen-bond donors (Lipinski definition) is 0. The maximum atomic E-state index is 7.00. The first-order valence-electron chi connectivity index (χ1n) is 21.9. The van der Waals surface area contributed by atoms with Gasteiger partial charge >= 0.3 is 0 Å². The Kier molecular flexibility index (Phi) is 7.71. The third kappa shape index (κ3) is 5.26. The quantitative estimate of drug-likeness (QED) is 0.165. The summed E-state index contributed by atoms with van der Waals surface area (Å²) < 4.78 is 9.40. The minimum Gasteiger partial charge on any atom is -0.457 e. The number of rotatable bonds is 4. The molecular formula is C59H34N4OS. The largest absolute Gasteiger partial charge is 0.457 e. The molecule has 5 nitrogen and oxygen atoms in total. The molecule has 9 aromatic carbocycles. The summed E-state index contributed by atoms with van der Waals surface area (Å²) in [6.07, 6.45) is 0. The Bertz CT molecular complexity index is 3910. The van der Waals surface area contributed by atoms with Crippen molar-refractivity contribution in [2.75, 3.05) is 0 Å². The van der Waals surface area contributed by atoms with Crippen LogP contribution in [0, 0.1) is 0 Å². The zero-order chi connectivity index (χ0) is 42.6. The molecule has 0 amide bonds. The summed E-state index contributed by atoms with van der Waals surface area (Å²) in [6, 6.07) is 73.0. The molecule has 0 saturated carbocycles. The van der Waals surface area contributed by atoms with Crippen molar-refractivity contribution in [2.45, 2.75) is 5.41 Å². The first-order chi connectivity index (χ1) is 32.2. The molecule has 1 spiro atoms. The first-order valence-corrected chi connectivity index (χ1v) is 22.7. The summed E-state index contributed by atoms with van der Waals surface area (Å²) in [7, 11) is 0. The molecule has 0 atom stereocenters. The van der Waals surface area contributed by atoms with Crippen LogP contribution in [0.5, 0.6) is 11.5 Å². The Hall–Kier alpha value is -8.32. The molecule has 0 N–H and O–H groups in total. The van der Waals surface area contributed by atoms with E-state index in [1.807, 2.05) is 18.2 Å². The number of pyridine rings is 1. The highest BCUT2D eigenvalue weighted by molar-refractivity contribution is 7.26. The first kappa shape index (κ1) is 36.2. The van der Waals surface area contributed by atoms with E-state index in [1.165, 1.54) is 37.7 Å². The van der Waals surface area contributed by atoms with E-state index in [0.29, 0.717) is 17.5 Å². The third-order valence-electron chi connectivity index (χ3n) is 13.4. The van der Waals surface area contributed by atoms with Gasteiger partial charge < -0.3 is 4.74 Å². The van der Waals surface area contributed by atoms with Gasteiger partial charge in [0.15, 0.2) is 17.5 Å². The molecule has 3 aromatic heterocycles. The van der Waals surface area contributed by atoms with E-state index in [0.717, 1.165) is 76.9 Å². The van der Waals surface area contributed by atoms with Gasteiger partial charge in [-0.25, -0.2) is 19.9 Å². The van der Waals surface area contributed by atoms with Gasteiger partial charge in [-0.2, -0.15) is 0 Å². The van der Waals surface area contributed by atoms with Crippen LogP contribution < -0.4 is 4.74 Å². The van der Waals surface area contributed by atoms with Crippen molar-refractivity contribution in [3.63, 3.8) is 0 Å². The smallest absolute Gasteiger partial charge is 0.165 e. The molecule has 0 unspecified atom stereocenters. The molecule has 6 heteroatoms. The second kappa shape index (κ2) is 13.8. The Labute approximate surface area is 378 Å². The van der Waals surface area contributed by atoms with Crippen LogP contribution in [0.15, 0.2) is 206 Å². The van der Waals surface area contributed by atoms with Gasteiger partial charge in [-0.3, -0.25) is 0 Å². The third-order valence-corrected chi connectivity index (χ3v) is 14.6. The lowest BCUT2D eigenvalue weighted by molar-refractivity contribution is 0.437. The number of aromatic nitrogens is 4. The predicted octanol–water partition coefficient (Wildman–Crippen LogP) is 15.1. The lowest BCUT2D eigenvalue weighted by Crippen LogP contribution is -2.32. The highest BCUT2D eigenvalue weighted by Gasteiger charge is 2.51. The van der Waals surface area contributed by atoms with Crippen LogP contribution in [0.1, 0.15) is 22.3 Å². The minimum atomic E-state index is -0.580. The highest BCUT2D eigenvalue weighted by atomic mass is 32.1. The van der Waals surface area contributed by atoms with Gasteiger partial charge in [0.05, 0.1) is 16.6 Å². The van der Waals surface area contributed by atoms with Gasteiger partial charge in [0, 0.05) is 64.3 Å². The number of benzene rings is 9. The summed E-state index contributed by atoms with van der Waals surface area (Å²) in [5, 5.41) is 5.64. The molecule has 1 aliphatic heterocycles. The van der Waals surface area contributed by atoms with E-state index in [-0.39, 0.29) is 0 Å². The van der Waals surface area contributed by atoms with Crippen LogP contribution >= 0.6 is 11.3 Å². The average molecular weight is 847 g/mol. The van der Waals surface area contributed by atoms with Gasteiger partial charge in [0.25, 0.3) is 0 Å². The lowest BCUT2D eigenvalue weighted by Gasteiger charge is -2.39. The fraction of sp³-hybridized carbons (Fsp3) is 0.0169. The summed E-state index contributed by atoms with van der Waals surface area (Å²) in [5.74, 6) is 3.53. The molecule has 12 aromatic rings. The summed E-state index contributed by atoms with van der Waals surface area (Å²) in [5.41, 5.74) is 12.2. The van der Waals surface area contributed by atoms with Gasteiger partial charge in [0.2, 0.25) is 0 Å². The van der Waals surface area contributed by atoms with Crippen molar-refractivity contribution >= 4 is 53.2 Å². The molecule has 2 aliphatic rings. The maximum Gasteiger partial charge on any atom is 0.165 e. The molecule has 0 saturated heterocycles. The van der Waals surface area contributed by atoms with Crippen molar-refractivity contribution in [1.29, 1.82) is 0 Å². The number of ether oxygens (including phenoxy) is 1. The zero-order valence-electron chi connectivity index (χ0n) is 34.7.